The summed E-state index contributed by atoms with van der Waals surface area (Å²) in [4.78, 5) is 29.2. The van der Waals surface area contributed by atoms with Crippen molar-refractivity contribution >= 4 is 11.8 Å². The van der Waals surface area contributed by atoms with Gasteiger partial charge in [0.25, 0.3) is 5.91 Å². The average molecular weight is 439 g/mol. The topological polar surface area (TPSA) is 49.9 Å². The normalized spacial score (nSPS) is 19.0. The Morgan fingerprint density at radius 3 is 2.53 bits per heavy atom. The summed E-state index contributed by atoms with van der Waals surface area (Å²) in [6.45, 7) is 3.44. The summed E-state index contributed by atoms with van der Waals surface area (Å²) in [6.07, 6.45) is 5.29. The third-order valence-corrected chi connectivity index (χ3v) is 6.38. The van der Waals surface area contributed by atoms with Gasteiger partial charge in [-0.1, -0.05) is 24.3 Å². The van der Waals surface area contributed by atoms with Gasteiger partial charge in [-0.2, -0.15) is 0 Å². The second-order valence-corrected chi connectivity index (χ2v) is 8.81. The van der Waals surface area contributed by atoms with E-state index in [9.17, 15) is 14.0 Å². The first-order valence-corrected chi connectivity index (χ1v) is 11.6. The predicted octanol–water partition coefficient (Wildman–Crippen LogP) is 4.31. The fourth-order valence-corrected chi connectivity index (χ4v) is 4.56. The van der Waals surface area contributed by atoms with Gasteiger partial charge in [0.05, 0.1) is 13.0 Å². The molecule has 5 nitrogen and oxygen atoms in total. The molecule has 2 heterocycles. The van der Waals surface area contributed by atoms with Gasteiger partial charge in [-0.05, 0) is 61.9 Å². The second-order valence-electron chi connectivity index (χ2n) is 8.81. The molecule has 0 unspecified atom stereocenters. The largest absolute Gasteiger partial charge is 0.493 e. The van der Waals surface area contributed by atoms with Crippen molar-refractivity contribution in [1.82, 2.24) is 9.80 Å². The Morgan fingerprint density at radius 2 is 1.72 bits per heavy atom. The summed E-state index contributed by atoms with van der Waals surface area (Å²) in [5.41, 5.74) is 1.10. The molecule has 0 saturated carbocycles. The van der Waals surface area contributed by atoms with Crippen LogP contribution in [0.4, 0.5) is 4.39 Å². The average Bonchev–Trinajstić information content (AvgIpc) is 2.84. The Labute approximate surface area is 189 Å². The van der Waals surface area contributed by atoms with Crippen molar-refractivity contribution in [2.24, 2.45) is 5.92 Å². The fourth-order valence-electron chi connectivity index (χ4n) is 4.56. The van der Waals surface area contributed by atoms with Crippen molar-refractivity contribution < 1.29 is 18.7 Å². The molecule has 0 spiro atoms. The molecule has 0 bridgehead atoms. The number of benzene rings is 2. The van der Waals surface area contributed by atoms with E-state index < -0.39 is 0 Å². The van der Waals surface area contributed by atoms with E-state index in [-0.39, 0.29) is 30.0 Å². The minimum Gasteiger partial charge on any atom is -0.493 e. The Balaban J connectivity index is 1.30. The predicted molar refractivity (Wildman–Crippen MR) is 121 cm³/mol. The molecule has 32 heavy (non-hydrogen) atoms. The molecule has 6 heteroatoms. The van der Waals surface area contributed by atoms with Crippen LogP contribution in [-0.4, -0.2) is 54.4 Å². The Bertz CT molecular complexity index is 942. The molecule has 0 aromatic heterocycles. The van der Waals surface area contributed by atoms with Crippen LogP contribution >= 0.6 is 0 Å². The van der Waals surface area contributed by atoms with Crippen molar-refractivity contribution in [3.8, 4) is 5.75 Å². The minimum atomic E-state index is -0.336. The lowest BCUT2D eigenvalue weighted by atomic mass is 9.98. The molecule has 0 aliphatic carbocycles. The quantitative estimate of drug-likeness (QED) is 0.675. The van der Waals surface area contributed by atoms with Crippen LogP contribution in [0.25, 0.3) is 0 Å². The molecule has 4 rings (SSSR count). The highest BCUT2D eigenvalue weighted by Crippen LogP contribution is 2.22. The highest BCUT2D eigenvalue weighted by atomic mass is 19.1. The van der Waals surface area contributed by atoms with Crippen LogP contribution in [0.1, 0.15) is 48.0 Å². The standard InChI is InChI=1S/C26H31FN2O3/c27-24-12-3-2-9-21(24)17-25(30)29-15-7-8-20(18-29)19-32-23-11-6-10-22(16-23)26(31)28-13-4-1-5-14-28/h2-3,6,9-12,16,20H,1,4-5,7-8,13-15,17-19H2/t20-/m0/s1. The summed E-state index contributed by atoms with van der Waals surface area (Å²) in [5, 5.41) is 0. The van der Waals surface area contributed by atoms with Crippen LogP contribution in [0.3, 0.4) is 0 Å². The summed E-state index contributed by atoms with van der Waals surface area (Å²) < 4.78 is 19.9. The van der Waals surface area contributed by atoms with Crippen molar-refractivity contribution in [2.45, 2.75) is 38.5 Å². The molecule has 2 aromatic carbocycles. The summed E-state index contributed by atoms with van der Waals surface area (Å²) in [6, 6.07) is 13.8. The van der Waals surface area contributed by atoms with Gasteiger partial charge < -0.3 is 14.5 Å². The Hall–Kier alpha value is -2.89. The number of halogens is 1. The first-order chi connectivity index (χ1) is 15.6. The number of nitrogens with zero attached hydrogens (tertiary/aromatic N) is 2. The molecule has 2 saturated heterocycles. The maximum Gasteiger partial charge on any atom is 0.253 e. The molecule has 2 aliphatic rings. The zero-order valence-corrected chi connectivity index (χ0v) is 18.5. The molecule has 0 radical (unpaired) electrons. The highest BCUT2D eigenvalue weighted by Gasteiger charge is 2.25. The smallest absolute Gasteiger partial charge is 0.253 e. The van der Waals surface area contributed by atoms with E-state index in [1.54, 1.807) is 18.2 Å². The first kappa shape index (κ1) is 22.3. The van der Waals surface area contributed by atoms with Crippen LogP contribution in [0.15, 0.2) is 48.5 Å². The van der Waals surface area contributed by atoms with Crippen LogP contribution in [-0.2, 0) is 11.2 Å². The zero-order chi connectivity index (χ0) is 22.3. The van der Waals surface area contributed by atoms with Gasteiger partial charge >= 0.3 is 0 Å². The number of piperidine rings is 2. The molecule has 0 N–H and O–H groups in total. The second kappa shape index (κ2) is 10.6. The van der Waals surface area contributed by atoms with E-state index in [0.29, 0.717) is 36.6 Å². The van der Waals surface area contributed by atoms with E-state index in [2.05, 4.69) is 0 Å². The van der Waals surface area contributed by atoms with Crippen LogP contribution in [0.5, 0.6) is 5.75 Å². The van der Waals surface area contributed by atoms with Crippen LogP contribution in [0.2, 0.25) is 0 Å². The third kappa shape index (κ3) is 5.67. The zero-order valence-electron chi connectivity index (χ0n) is 18.5. The van der Waals surface area contributed by atoms with Gasteiger partial charge in [-0.15, -0.1) is 0 Å². The van der Waals surface area contributed by atoms with Crippen LogP contribution in [0, 0.1) is 11.7 Å². The lowest BCUT2D eigenvalue weighted by Gasteiger charge is -2.33. The number of likely N-dealkylation sites (tertiary alicyclic amines) is 2. The monoisotopic (exact) mass is 438 g/mol. The van der Waals surface area contributed by atoms with Gasteiger partial charge in [0, 0.05) is 37.7 Å². The summed E-state index contributed by atoms with van der Waals surface area (Å²) in [5.74, 6) is 0.584. The SMILES string of the molecule is O=C(Cc1ccccc1F)N1CCC[C@H](COc2cccc(C(=O)N3CCCCC3)c2)C1. The van der Waals surface area contributed by atoms with Crippen molar-refractivity contribution in [3.05, 3.63) is 65.5 Å². The molecule has 1 atom stereocenters. The first-order valence-electron chi connectivity index (χ1n) is 11.6. The number of carbonyl (C=O) groups excluding carboxylic acids is 2. The molecule has 2 amide bonds. The molecule has 2 fully saturated rings. The number of hydrogen-bond acceptors (Lipinski definition) is 3. The van der Waals surface area contributed by atoms with E-state index in [1.807, 2.05) is 34.1 Å². The van der Waals surface area contributed by atoms with E-state index in [1.165, 1.54) is 12.5 Å². The molecular weight excluding hydrogens is 407 g/mol. The molecule has 2 aliphatic heterocycles. The lowest BCUT2D eigenvalue weighted by molar-refractivity contribution is -0.132. The third-order valence-electron chi connectivity index (χ3n) is 6.38. The maximum atomic E-state index is 13.9. The highest BCUT2D eigenvalue weighted by molar-refractivity contribution is 5.94. The summed E-state index contributed by atoms with van der Waals surface area (Å²) in [7, 11) is 0. The number of carbonyl (C=O) groups is 2. The van der Waals surface area contributed by atoms with Gasteiger partial charge in [-0.25, -0.2) is 4.39 Å². The van der Waals surface area contributed by atoms with Gasteiger partial charge in [0.15, 0.2) is 0 Å². The van der Waals surface area contributed by atoms with E-state index in [0.717, 1.165) is 38.8 Å². The minimum absolute atomic E-state index is 0.0473. The maximum absolute atomic E-state index is 13.9. The van der Waals surface area contributed by atoms with Gasteiger partial charge in [0.1, 0.15) is 11.6 Å². The number of amides is 2. The van der Waals surface area contributed by atoms with Gasteiger partial charge in [0.2, 0.25) is 5.91 Å². The molecule has 170 valence electrons. The molecular formula is C26H31FN2O3. The number of hydrogen-bond donors (Lipinski definition) is 0. The van der Waals surface area contributed by atoms with E-state index in [4.69, 9.17) is 4.74 Å². The lowest BCUT2D eigenvalue weighted by Crippen LogP contribution is -2.42. The molecule has 2 aromatic rings. The number of ether oxygens (including phenoxy) is 1. The van der Waals surface area contributed by atoms with Crippen molar-refractivity contribution in [1.29, 1.82) is 0 Å². The van der Waals surface area contributed by atoms with Crippen molar-refractivity contribution in [2.75, 3.05) is 32.8 Å². The van der Waals surface area contributed by atoms with Gasteiger partial charge in [-0.3, -0.25) is 9.59 Å². The fraction of sp³-hybridized carbons (Fsp3) is 0.462. The summed E-state index contributed by atoms with van der Waals surface area (Å²) >= 11 is 0. The van der Waals surface area contributed by atoms with E-state index >= 15 is 0 Å². The van der Waals surface area contributed by atoms with Crippen molar-refractivity contribution in [3.63, 3.8) is 0 Å². The number of rotatable bonds is 6. The van der Waals surface area contributed by atoms with Crippen LogP contribution < -0.4 is 4.74 Å². The Kier molecular flexibility index (Phi) is 7.40. The Morgan fingerprint density at radius 1 is 0.938 bits per heavy atom.